The van der Waals surface area contributed by atoms with Crippen LogP contribution in [0.3, 0.4) is 0 Å². The van der Waals surface area contributed by atoms with Gasteiger partial charge in [0, 0.05) is 37.4 Å². The molecule has 1 aliphatic carbocycles. The molecule has 6 heteroatoms. The van der Waals surface area contributed by atoms with Gasteiger partial charge in [0.1, 0.15) is 11.4 Å². The van der Waals surface area contributed by atoms with Crippen LogP contribution < -0.4 is 5.32 Å². The zero-order valence-corrected chi connectivity index (χ0v) is 15.2. The van der Waals surface area contributed by atoms with Crippen molar-refractivity contribution in [2.45, 2.75) is 31.5 Å². The van der Waals surface area contributed by atoms with Gasteiger partial charge in [0.25, 0.3) is 0 Å². The van der Waals surface area contributed by atoms with E-state index in [9.17, 15) is 5.11 Å². The molecule has 4 atom stereocenters. The monoisotopic (exact) mass is 364 g/mol. The van der Waals surface area contributed by atoms with E-state index in [1.54, 1.807) is 24.9 Å². The Balaban J connectivity index is 1.24. The highest BCUT2D eigenvalue weighted by atomic mass is 16.3. The minimum Gasteiger partial charge on any atom is -0.464 e. The quantitative estimate of drug-likeness (QED) is 0.741. The summed E-state index contributed by atoms with van der Waals surface area (Å²) < 4.78 is 5.43. The number of aliphatic hydroxyl groups is 1. The second kappa shape index (κ2) is 6.94. The molecule has 2 N–H and O–H groups in total. The fourth-order valence-corrected chi connectivity index (χ4v) is 4.75. The number of rotatable bonds is 4. The van der Waals surface area contributed by atoms with E-state index in [0.29, 0.717) is 11.8 Å². The van der Waals surface area contributed by atoms with E-state index in [1.165, 1.54) is 5.56 Å². The van der Waals surface area contributed by atoms with E-state index < -0.39 is 0 Å². The number of fused-ring (bicyclic) bond motifs is 2. The minimum absolute atomic E-state index is 0.0465. The van der Waals surface area contributed by atoms with Gasteiger partial charge in [0.15, 0.2) is 0 Å². The molecule has 27 heavy (non-hydrogen) atoms. The molecule has 0 unspecified atom stereocenters. The molecule has 1 aliphatic heterocycles. The van der Waals surface area contributed by atoms with Crippen molar-refractivity contribution in [2.75, 3.05) is 18.4 Å². The van der Waals surface area contributed by atoms with Gasteiger partial charge in [-0.25, -0.2) is 4.98 Å². The molecule has 1 saturated heterocycles. The van der Waals surface area contributed by atoms with Gasteiger partial charge in [0.2, 0.25) is 0 Å². The van der Waals surface area contributed by atoms with Crippen LogP contribution in [0, 0.1) is 11.8 Å². The molecule has 3 aromatic rings. The zero-order valence-electron chi connectivity index (χ0n) is 15.2. The number of likely N-dealkylation sites (tertiary alicyclic amines) is 1. The minimum atomic E-state index is -0.338. The van der Waals surface area contributed by atoms with Crippen molar-refractivity contribution < 1.29 is 9.52 Å². The number of aromatic nitrogens is 2. The SMILES string of the molecule is O[C@@H]1C[C@H]2CN(Cc3ccc4occc4c3)C[C@H]2C[C@H]1Nc1cnccn1. The fourth-order valence-electron chi connectivity index (χ4n) is 4.75. The van der Waals surface area contributed by atoms with Gasteiger partial charge in [-0.3, -0.25) is 9.88 Å². The van der Waals surface area contributed by atoms with Gasteiger partial charge in [0.05, 0.1) is 24.6 Å². The summed E-state index contributed by atoms with van der Waals surface area (Å²) in [6, 6.07) is 8.49. The van der Waals surface area contributed by atoms with Crippen LogP contribution in [0.2, 0.25) is 0 Å². The fraction of sp³-hybridized carbons (Fsp3) is 0.429. The Morgan fingerprint density at radius 2 is 2.04 bits per heavy atom. The van der Waals surface area contributed by atoms with Crippen LogP contribution in [0.15, 0.2) is 53.5 Å². The van der Waals surface area contributed by atoms with Gasteiger partial charge in [-0.15, -0.1) is 0 Å². The van der Waals surface area contributed by atoms with Gasteiger partial charge < -0.3 is 14.8 Å². The van der Waals surface area contributed by atoms with Crippen molar-refractivity contribution in [3.63, 3.8) is 0 Å². The molecule has 2 aromatic heterocycles. The Hall–Kier alpha value is -2.44. The average Bonchev–Trinajstić information content (AvgIpc) is 3.28. The van der Waals surface area contributed by atoms with E-state index in [2.05, 4.69) is 38.4 Å². The predicted octanol–water partition coefficient (Wildman–Crippen LogP) is 2.91. The van der Waals surface area contributed by atoms with Gasteiger partial charge in [-0.2, -0.15) is 0 Å². The lowest BCUT2D eigenvalue weighted by Gasteiger charge is -2.35. The van der Waals surface area contributed by atoms with Crippen LogP contribution in [-0.4, -0.2) is 45.2 Å². The second-order valence-corrected chi connectivity index (χ2v) is 7.89. The molecule has 5 rings (SSSR count). The zero-order chi connectivity index (χ0) is 18.2. The van der Waals surface area contributed by atoms with E-state index in [4.69, 9.17) is 4.42 Å². The van der Waals surface area contributed by atoms with Crippen molar-refractivity contribution in [1.82, 2.24) is 14.9 Å². The number of furan rings is 1. The first-order valence-corrected chi connectivity index (χ1v) is 9.64. The summed E-state index contributed by atoms with van der Waals surface area (Å²) in [4.78, 5) is 10.9. The second-order valence-electron chi connectivity index (χ2n) is 7.89. The van der Waals surface area contributed by atoms with Crippen LogP contribution in [0.25, 0.3) is 11.0 Å². The molecule has 0 bridgehead atoms. The van der Waals surface area contributed by atoms with Crippen molar-refractivity contribution >= 4 is 16.8 Å². The third-order valence-electron chi connectivity index (χ3n) is 6.04. The Morgan fingerprint density at radius 3 is 2.89 bits per heavy atom. The van der Waals surface area contributed by atoms with Gasteiger partial charge >= 0.3 is 0 Å². The van der Waals surface area contributed by atoms with Crippen LogP contribution >= 0.6 is 0 Å². The first-order valence-electron chi connectivity index (χ1n) is 9.64. The first-order chi connectivity index (χ1) is 13.2. The van der Waals surface area contributed by atoms with Crippen molar-refractivity contribution in [3.05, 3.63) is 54.7 Å². The van der Waals surface area contributed by atoms with Gasteiger partial charge in [-0.1, -0.05) is 6.07 Å². The number of hydrogen-bond donors (Lipinski definition) is 2. The normalized spacial score (nSPS) is 28.3. The number of hydrogen-bond acceptors (Lipinski definition) is 6. The van der Waals surface area contributed by atoms with E-state index >= 15 is 0 Å². The van der Waals surface area contributed by atoms with Gasteiger partial charge in [-0.05, 0) is 48.4 Å². The van der Waals surface area contributed by atoms with Crippen LogP contribution in [0.5, 0.6) is 0 Å². The highest BCUT2D eigenvalue weighted by molar-refractivity contribution is 5.77. The number of benzene rings is 1. The Bertz CT molecular complexity index is 913. The van der Waals surface area contributed by atoms with Crippen LogP contribution in [-0.2, 0) is 6.54 Å². The molecule has 2 fully saturated rings. The largest absolute Gasteiger partial charge is 0.464 e. The molecular formula is C21H24N4O2. The highest BCUT2D eigenvalue weighted by Crippen LogP contribution is 2.38. The lowest BCUT2D eigenvalue weighted by atomic mass is 9.77. The standard InChI is InChI=1S/C21H24N4O2/c26-19-9-17-13-25(11-14-1-2-20-15(7-14)3-6-27-20)12-16(17)8-18(19)24-21-10-22-4-5-23-21/h1-7,10,16-19,26H,8-9,11-13H2,(H,23,24)/t16-,17+,18-,19-/m1/s1. The molecule has 0 radical (unpaired) electrons. The summed E-state index contributed by atoms with van der Waals surface area (Å²) >= 11 is 0. The number of nitrogens with one attached hydrogen (secondary N) is 1. The van der Waals surface area contributed by atoms with Crippen LogP contribution in [0.1, 0.15) is 18.4 Å². The van der Waals surface area contributed by atoms with Crippen molar-refractivity contribution in [1.29, 1.82) is 0 Å². The highest BCUT2D eigenvalue weighted by Gasteiger charge is 2.41. The first kappa shape index (κ1) is 16.7. The summed E-state index contributed by atoms with van der Waals surface area (Å²) in [5.41, 5.74) is 2.26. The summed E-state index contributed by atoms with van der Waals surface area (Å²) in [7, 11) is 0. The topological polar surface area (TPSA) is 74.4 Å². The Labute approximate surface area is 158 Å². The predicted molar refractivity (Wildman–Crippen MR) is 103 cm³/mol. The summed E-state index contributed by atoms with van der Waals surface area (Å²) in [6.07, 6.45) is 8.27. The molecule has 1 aromatic carbocycles. The molecular weight excluding hydrogens is 340 g/mol. The number of aliphatic hydroxyl groups excluding tert-OH is 1. The maximum absolute atomic E-state index is 10.6. The maximum atomic E-state index is 10.6. The Morgan fingerprint density at radius 1 is 1.15 bits per heavy atom. The smallest absolute Gasteiger partial charge is 0.144 e. The summed E-state index contributed by atoms with van der Waals surface area (Å²) in [5.74, 6) is 1.92. The third-order valence-corrected chi connectivity index (χ3v) is 6.04. The average molecular weight is 364 g/mol. The lowest BCUT2D eigenvalue weighted by molar-refractivity contribution is 0.0735. The molecule has 0 spiro atoms. The maximum Gasteiger partial charge on any atom is 0.144 e. The third kappa shape index (κ3) is 3.42. The molecule has 1 saturated carbocycles. The molecule has 3 heterocycles. The number of anilines is 1. The van der Waals surface area contributed by atoms with E-state index in [-0.39, 0.29) is 12.1 Å². The lowest BCUT2D eigenvalue weighted by Crippen LogP contribution is -2.43. The molecule has 0 amide bonds. The number of nitrogens with zero attached hydrogens (tertiary/aromatic N) is 3. The summed E-state index contributed by atoms with van der Waals surface area (Å²) in [6.45, 7) is 3.09. The molecule has 140 valence electrons. The van der Waals surface area contributed by atoms with Crippen LogP contribution in [0.4, 0.5) is 5.82 Å². The van der Waals surface area contributed by atoms with Crippen molar-refractivity contribution in [3.8, 4) is 0 Å². The van der Waals surface area contributed by atoms with E-state index in [1.807, 2.05) is 6.07 Å². The van der Waals surface area contributed by atoms with E-state index in [0.717, 1.165) is 49.3 Å². The summed E-state index contributed by atoms with van der Waals surface area (Å²) in [5, 5.41) is 15.1. The molecule has 6 nitrogen and oxygen atoms in total. The Kier molecular flexibility index (Phi) is 4.30. The molecule has 2 aliphatic rings. The van der Waals surface area contributed by atoms with Crippen molar-refractivity contribution in [2.24, 2.45) is 11.8 Å².